The third kappa shape index (κ3) is 2.71. The van der Waals surface area contributed by atoms with E-state index in [9.17, 15) is 0 Å². The van der Waals surface area contributed by atoms with Gasteiger partial charge in [-0.2, -0.15) is 0 Å². The molecule has 0 aromatic rings. The Balaban J connectivity index is 1.86. The van der Waals surface area contributed by atoms with Crippen molar-refractivity contribution in [2.45, 2.75) is 44.2 Å². The number of hydrogen-bond acceptors (Lipinski definition) is 3. The predicted octanol–water partition coefficient (Wildman–Crippen LogP) is 1.24. The van der Waals surface area contributed by atoms with Crippen molar-refractivity contribution in [3.05, 3.63) is 0 Å². The molecule has 1 atom stereocenters. The van der Waals surface area contributed by atoms with Crippen LogP contribution in [-0.4, -0.2) is 49.8 Å². The molecule has 1 unspecified atom stereocenters. The van der Waals surface area contributed by atoms with Crippen molar-refractivity contribution in [3.8, 4) is 0 Å². The summed E-state index contributed by atoms with van der Waals surface area (Å²) >= 11 is 0. The average molecular weight is 212 g/mol. The first-order valence-corrected chi connectivity index (χ1v) is 6.24. The van der Waals surface area contributed by atoms with Crippen LogP contribution in [0, 0.1) is 0 Å². The average Bonchev–Trinajstić information content (AvgIpc) is 2.66. The highest BCUT2D eigenvalue weighted by atomic mass is 16.5. The summed E-state index contributed by atoms with van der Waals surface area (Å²) in [6.45, 7) is 6.79. The number of nitrogens with one attached hydrogen (secondary N) is 1. The molecule has 3 heteroatoms. The fraction of sp³-hybridized carbons (Fsp3) is 1.00. The number of rotatable bonds is 3. The molecule has 2 fully saturated rings. The van der Waals surface area contributed by atoms with Crippen molar-refractivity contribution in [2.24, 2.45) is 0 Å². The Kier molecular flexibility index (Phi) is 3.65. The summed E-state index contributed by atoms with van der Waals surface area (Å²) < 4.78 is 5.34. The van der Waals surface area contributed by atoms with Crippen molar-refractivity contribution in [2.75, 3.05) is 33.3 Å². The Morgan fingerprint density at radius 3 is 2.80 bits per heavy atom. The van der Waals surface area contributed by atoms with Gasteiger partial charge in [-0.15, -0.1) is 0 Å². The Morgan fingerprint density at radius 2 is 2.13 bits per heavy atom. The molecule has 1 N–H and O–H groups in total. The van der Waals surface area contributed by atoms with E-state index in [2.05, 4.69) is 17.1 Å². The summed E-state index contributed by atoms with van der Waals surface area (Å²) in [6, 6.07) is 0. The first-order chi connectivity index (χ1) is 7.24. The van der Waals surface area contributed by atoms with E-state index in [4.69, 9.17) is 4.74 Å². The number of nitrogens with zero attached hydrogens (tertiary/aromatic N) is 1. The minimum atomic E-state index is 0.363. The van der Waals surface area contributed by atoms with Gasteiger partial charge in [0.2, 0.25) is 0 Å². The van der Waals surface area contributed by atoms with Gasteiger partial charge in [-0.05, 0) is 19.8 Å². The maximum Gasteiger partial charge on any atom is 0.0670 e. The van der Waals surface area contributed by atoms with E-state index in [0.29, 0.717) is 11.6 Å². The van der Waals surface area contributed by atoms with Gasteiger partial charge in [-0.1, -0.05) is 12.8 Å². The molecule has 3 nitrogen and oxygen atoms in total. The molecule has 1 aliphatic heterocycles. The smallest absolute Gasteiger partial charge is 0.0670 e. The van der Waals surface area contributed by atoms with Gasteiger partial charge in [0.25, 0.3) is 0 Å². The predicted molar refractivity (Wildman–Crippen MR) is 62.1 cm³/mol. The molecule has 0 radical (unpaired) electrons. The molecule has 0 amide bonds. The maximum atomic E-state index is 5.34. The lowest BCUT2D eigenvalue weighted by atomic mass is 9.94. The van der Waals surface area contributed by atoms with Crippen LogP contribution in [0.15, 0.2) is 0 Å². The van der Waals surface area contributed by atoms with Crippen LogP contribution in [0.5, 0.6) is 0 Å². The van der Waals surface area contributed by atoms with Crippen LogP contribution in [0.25, 0.3) is 0 Å². The van der Waals surface area contributed by atoms with Crippen molar-refractivity contribution in [3.63, 3.8) is 0 Å². The molecule has 0 aromatic carbocycles. The summed E-state index contributed by atoms with van der Waals surface area (Å²) in [5, 5.41) is 3.73. The third-order valence-corrected chi connectivity index (χ3v) is 3.93. The summed E-state index contributed by atoms with van der Waals surface area (Å²) in [7, 11) is 1.80. The van der Waals surface area contributed by atoms with Crippen LogP contribution in [0.3, 0.4) is 0 Å². The molecule has 2 aliphatic rings. The van der Waals surface area contributed by atoms with E-state index in [1.54, 1.807) is 7.11 Å². The number of ether oxygens (including phenoxy) is 1. The van der Waals surface area contributed by atoms with Crippen molar-refractivity contribution < 1.29 is 4.74 Å². The van der Waals surface area contributed by atoms with Gasteiger partial charge in [0.15, 0.2) is 0 Å². The topological polar surface area (TPSA) is 24.5 Å². The van der Waals surface area contributed by atoms with Gasteiger partial charge < -0.3 is 10.1 Å². The monoisotopic (exact) mass is 212 g/mol. The minimum Gasteiger partial charge on any atom is -0.380 e. The standard InChI is InChI=1S/C12H24N2O/c1-11(15-2)9-14-8-7-13-12(10-14)5-3-4-6-12/h11,13H,3-10H2,1-2H3. The zero-order valence-electron chi connectivity index (χ0n) is 10.1. The van der Waals surface area contributed by atoms with Crippen LogP contribution in [0.1, 0.15) is 32.6 Å². The molecule has 1 saturated carbocycles. The fourth-order valence-corrected chi connectivity index (χ4v) is 3.02. The van der Waals surface area contributed by atoms with E-state index in [1.807, 2.05) is 0 Å². The molecule has 0 bridgehead atoms. The first-order valence-electron chi connectivity index (χ1n) is 6.24. The molecule has 1 saturated heterocycles. The second-order valence-corrected chi connectivity index (χ2v) is 5.20. The Morgan fingerprint density at radius 1 is 1.40 bits per heavy atom. The van der Waals surface area contributed by atoms with Crippen LogP contribution in [0.4, 0.5) is 0 Å². The van der Waals surface area contributed by atoms with Crippen LogP contribution in [-0.2, 0) is 4.74 Å². The molecule has 2 rings (SSSR count). The Hall–Kier alpha value is -0.120. The molecular formula is C12H24N2O. The quantitative estimate of drug-likeness (QED) is 0.762. The van der Waals surface area contributed by atoms with Gasteiger partial charge >= 0.3 is 0 Å². The summed E-state index contributed by atoms with van der Waals surface area (Å²) in [5.74, 6) is 0. The molecule has 15 heavy (non-hydrogen) atoms. The lowest BCUT2D eigenvalue weighted by molar-refractivity contribution is 0.0501. The Bertz CT molecular complexity index is 202. The van der Waals surface area contributed by atoms with Gasteiger partial charge in [-0.25, -0.2) is 0 Å². The molecular weight excluding hydrogens is 188 g/mol. The van der Waals surface area contributed by atoms with E-state index in [1.165, 1.54) is 38.8 Å². The number of hydrogen-bond donors (Lipinski definition) is 1. The highest BCUT2D eigenvalue weighted by molar-refractivity contribution is 4.98. The second kappa shape index (κ2) is 4.81. The molecule has 1 aliphatic carbocycles. The Labute approximate surface area is 93.2 Å². The molecule has 1 spiro atoms. The van der Waals surface area contributed by atoms with Crippen molar-refractivity contribution >= 4 is 0 Å². The highest BCUT2D eigenvalue weighted by Crippen LogP contribution is 2.31. The van der Waals surface area contributed by atoms with Gasteiger partial charge in [0.1, 0.15) is 0 Å². The minimum absolute atomic E-state index is 0.363. The van der Waals surface area contributed by atoms with E-state index in [0.717, 1.165) is 13.1 Å². The first kappa shape index (κ1) is 11.4. The van der Waals surface area contributed by atoms with Crippen LogP contribution < -0.4 is 5.32 Å². The normalized spacial score (nSPS) is 28.4. The number of methoxy groups -OCH3 is 1. The van der Waals surface area contributed by atoms with Crippen molar-refractivity contribution in [1.82, 2.24) is 10.2 Å². The van der Waals surface area contributed by atoms with Crippen LogP contribution >= 0.6 is 0 Å². The summed E-state index contributed by atoms with van der Waals surface area (Å²) in [5.41, 5.74) is 0.450. The maximum absolute atomic E-state index is 5.34. The van der Waals surface area contributed by atoms with E-state index >= 15 is 0 Å². The summed E-state index contributed by atoms with van der Waals surface area (Å²) in [6.07, 6.45) is 5.90. The van der Waals surface area contributed by atoms with Gasteiger partial charge in [0.05, 0.1) is 6.10 Å². The number of piperazine rings is 1. The van der Waals surface area contributed by atoms with Crippen molar-refractivity contribution in [1.29, 1.82) is 0 Å². The van der Waals surface area contributed by atoms with Gasteiger partial charge in [0, 0.05) is 38.8 Å². The third-order valence-electron chi connectivity index (χ3n) is 3.93. The summed E-state index contributed by atoms with van der Waals surface area (Å²) in [4.78, 5) is 2.57. The second-order valence-electron chi connectivity index (χ2n) is 5.20. The lowest BCUT2D eigenvalue weighted by Gasteiger charge is -2.42. The molecule has 88 valence electrons. The SMILES string of the molecule is COC(C)CN1CCNC2(CCCC2)C1. The van der Waals surface area contributed by atoms with E-state index in [-0.39, 0.29) is 0 Å². The van der Waals surface area contributed by atoms with E-state index < -0.39 is 0 Å². The zero-order chi connectivity index (χ0) is 10.7. The fourth-order valence-electron chi connectivity index (χ4n) is 3.02. The zero-order valence-corrected chi connectivity index (χ0v) is 10.1. The largest absolute Gasteiger partial charge is 0.380 e. The molecule has 1 heterocycles. The van der Waals surface area contributed by atoms with Crippen LogP contribution in [0.2, 0.25) is 0 Å². The highest BCUT2D eigenvalue weighted by Gasteiger charge is 2.37. The van der Waals surface area contributed by atoms with Gasteiger partial charge in [-0.3, -0.25) is 4.90 Å². The lowest BCUT2D eigenvalue weighted by Crippen LogP contribution is -2.59. The molecule has 0 aromatic heterocycles.